The molecule has 7 heteroatoms. The molecule has 0 aliphatic carbocycles. The van der Waals surface area contributed by atoms with Gasteiger partial charge in [0.1, 0.15) is 9.84 Å². The number of hydrogen-bond acceptors (Lipinski definition) is 5. The highest BCUT2D eigenvalue weighted by Crippen LogP contribution is 1.75. The molecule has 0 aliphatic rings. The smallest absolute Gasteiger partial charge is 0.264 e. The van der Waals surface area contributed by atoms with Crippen LogP contribution in [0, 0.1) is 0 Å². The van der Waals surface area contributed by atoms with Crippen molar-refractivity contribution in [1.29, 1.82) is 0 Å². The highest BCUT2D eigenvalue weighted by atomic mass is 32.2. The molecule has 0 bridgehead atoms. The molecule has 0 saturated carbocycles. The average molecular weight is 220 g/mol. The van der Waals surface area contributed by atoms with E-state index >= 15 is 0 Å². The van der Waals surface area contributed by atoms with Crippen molar-refractivity contribution in [2.75, 3.05) is 25.9 Å². The summed E-state index contributed by atoms with van der Waals surface area (Å²) in [6.45, 7) is 0. The first kappa shape index (κ1) is 17.8. The second kappa shape index (κ2) is 6.38. The van der Waals surface area contributed by atoms with Crippen LogP contribution in [0.5, 0.6) is 0 Å². The van der Waals surface area contributed by atoms with Crippen molar-refractivity contribution >= 4 is 20.0 Å². The van der Waals surface area contributed by atoms with Crippen LogP contribution in [0.15, 0.2) is 0 Å². The molecular formula is C5H16O5S2. The van der Waals surface area contributed by atoms with Crippen LogP contribution in [-0.2, 0) is 24.1 Å². The van der Waals surface area contributed by atoms with E-state index in [-0.39, 0.29) is 7.43 Å². The molecule has 0 aromatic carbocycles. The number of hydrogen-bond donors (Lipinski definition) is 0. The molecule has 0 radical (unpaired) electrons. The van der Waals surface area contributed by atoms with E-state index in [2.05, 4.69) is 4.18 Å². The van der Waals surface area contributed by atoms with Gasteiger partial charge in [0, 0.05) is 12.5 Å². The molecule has 0 unspecified atom stereocenters. The van der Waals surface area contributed by atoms with Crippen LogP contribution in [0.1, 0.15) is 7.43 Å². The zero-order chi connectivity index (χ0) is 9.71. The van der Waals surface area contributed by atoms with Crippen LogP contribution >= 0.6 is 0 Å². The zero-order valence-corrected chi connectivity index (χ0v) is 8.49. The molecule has 0 aliphatic heterocycles. The third-order valence-electron chi connectivity index (χ3n) is 0.303. The fraction of sp³-hybridized carbons (Fsp3) is 1.00. The number of sulfone groups is 1. The molecule has 0 N–H and O–H groups in total. The molecular weight excluding hydrogens is 204 g/mol. The van der Waals surface area contributed by atoms with Crippen molar-refractivity contribution in [2.45, 2.75) is 7.43 Å². The van der Waals surface area contributed by atoms with Crippen LogP contribution in [0.3, 0.4) is 0 Å². The first-order chi connectivity index (χ1) is 4.56. The van der Waals surface area contributed by atoms with Gasteiger partial charge >= 0.3 is 0 Å². The van der Waals surface area contributed by atoms with Crippen LogP contribution in [0.25, 0.3) is 0 Å². The predicted octanol–water partition coefficient (Wildman–Crippen LogP) is -0.111. The van der Waals surface area contributed by atoms with E-state index < -0.39 is 20.0 Å². The van der Waals surface area contributed by atoms with E-state index in [1.165, 1.54) is 0 Å². The highest BCUT2D eigenvalue weighted by molar-refractivity contribution is 7.89. The minimum atomic E-state index is -3.16. The standard InChI is InChI=1S/C2H6O3S.C2H6O2S.CH4/c1-5-6(2,3)4;1-5(2,3)4;/h1-2H3;1-2H3;1H4. The van der Waals surface area contributed by atoms with Gasteiger partial charge in [0.25, 0.3) is 10.1 Å². The van der Waals surface area contributed by atoms with E-state index in [1.54, 1.807) is 0 Å². The van der Waals surface area contributed by atoms with Crippen LogP contribution in [0.2, 0.25) is 0 Å². The summed E-state index contributed by atoms with van der Waals surface area (Å²) in [5.41, 5.74) is 0. The first-order valence-corrected chi connectivity index (χ1v) is 6.58. The van der Waals surface area contributed by atoms with Gasteiger partial charge < -0.3 is 0 Å². The van der Waals surface area contributed by atoms with Crippen LogP contribution in [-0.4, -0.2) is 42.7 Å². The number of rotatable bonds is 1. The van der Waals surface area contributed by atoms with Crippen molar-refractivity contribution in [3.8, 4) is 0 Å². The zero-order valence-electron chi connectivity index (χ0n) is 6.86. The Labute approximate surface area is 74.8 Å². The van der Waals surface area contributed by atoms with E-state index in [9.17, 15) is 16.8 Å². The largest absolute Gasteiger partial charge is 0.274 e. The fourth-order valence-electron chi connectivity index (χ4n) is 0. The quantitative estimate of drug-likeness (QED) is 0.576. The second-order valence-corrected chi connectivity index (χ2v) is 6.04. The maximum atomic E-state index is 9.78. The third-order valence-corrected chi connectivity index (χ3v) is 0.908. The SMILES string of the molecule is C.COS(C)(=O)=O.CS(C)(=O)=O. The molecule has 0 fully saturated rings. The molecule has 0 spiro atoms. The van der Waals surface area contributed by atoms with E-state index in [0.29, 0.717) is 0 Å². The van der Waals surface area contributed by atoms with E-state index in [4.69, 9.17) is 0 Å². The Kier molecular flexibility index (Phi) is 9.48. The van der Waals surface area contributed by atoms with Gasteiger partial charge in [-0.15, -0.1) is 0 Å². The lowest BCUT2D eigenvalue weighted by Crippen LogP contribution is -1.95. The molecule has 0 aromatic heterocycles. The summed E-state index contributed by atoms with van der Waals surface area (Å²) in [5, 5.41) is 0. The third kappa shape index (κ3) is 94.6. The molecule has 0 saturated heterocycles. The summed E-state index contributed by atoms with van der Waals surface area (Å²) in [7, 11) is -4.71. The summed E-state index contributed by atoms with van der Waals surface area (Å²) in [5.74, 6) is 0. The molecule has 0 aromatic rings. The summed E-state index contributed by atoms with van der Waals surface area (Å²) in [6.07, 6.45) is 3.31. The molecule has 5 nitrogen and oxygen atoms in total. The van der Waals surface area contributed by atoms with Gasteiger partial charge in [0.15, 0.2) is 0 Å². The van der Waals surface area contributed by atoms with Gasteiger partial charge in [-0.2, -0.15) is 8.42 Å². The van der Waals surface area contributed by atoms with Gasteiger partial charge in [-0.05, 0) is 0 Å². The maximum absolute atomic E-state index is 9.78. The minimum Gasteiger partial charge on any atom is -0.274 e. The topological polar surface area (TPSA) is 77.5 Å². The Hall–Kier alpha value is -0.140. The Balaban J connectivity index is -0.000000126. The van der Waals surface area contributed by atoms with Gasteiger partial charge in [-0.25, -0.2) is 8.42 Å². The molecule has 0 heterocycles. The van der Waals surface area contributed by atoms with Crippen molar-refractivity contribution in [2.24, 2.45) is 0 Å². The van der Waals surface area contributed by atoms with Crippen molar-refractivity contribution in [3.63, 3.8) is 0 Å². The Morgan fingerprint density at radius 1 is 0.917 bits per heavy atom. The Morgan fingerprint density at radius 3 is 1.00 bits per heavy atom. The molecule has 0 atom stereocenters. The minimum absolute atomic E-state index is 0. The van der Waals surface area contributed by atoms with E-state index in [0.717, 1.165) is 25.9 Å². The maximum Gasteiger partial charge on any atom is 0.264 e. The molecule has 12 heavy (non-hydrogen) atoms. The van der Waals surface area contributed by atoms with Gasteiger partial charge in [0.05, 0.1) is 13.4 Å². The van der Waals surface area contributed by atoms with Gasteiger partial charge in [-0.1, -0.05) is 7.43 Å². The summed E-state index contributed by atoms with van der Waals surface area (Å²) < 4.78 is 42.7. The first-order valence-electron chi connectivity index (χ1n) is 2.47. The van der Waals surface area contributed by atoms with Crippen molar-refractivity contribution in [1.82, 2.24) is 0 Å². The Morgan fingerprint density at radius 2 is 1.00 bits per heavy atom. The van der Waals surface area contributed by atoms with Gasteiger partial charge in [-0.3, -0.25) is 4.18 Å². The highest BCUT2D eigenvalue weighted by Gasteiger charge is 1.90. The van der Waals surface area contributed by atoms with Crippen molar-refractivity contribution in [3.05, 3.63) is 0 Å². The van der Waals surface area contributed by atoms with Crippen LogP contribution in [0.4, 0.5) is 0 Å². The lowest BCUT2D eigenvalue weighted by Gasteiger charge is -1.84. The molecule has 0 amide bonds. The lowest BCUT2D eigenvalue weighted by atomic mass is 11.8. The summed E-state index contributed by atoms with van der Waals surface area (Å²) >= 11 is 0. The summed E-state index contributed by atoms with van der Waals surface area (Å²) in [4.78, 5) is 0. The normalized spacial score (nSPS) is 10.7. The van der Waals surface area contributed by atoms with Gasteiger partial charge in [0.2, 0.25) is 0 Å². The average Bonchev–Trinajstić information content (AvgIpc) is 1.59. The van der Waals surface area contributed by atoms with Crippen LogP contribution < -0.4 is 0 Å². The molecule has 0 rings (SSSR count). The fourth-order valence-corrected chi connectivity index (χ4v) is 0. The predicted molar refractivity (Wildman–Crippen MR) is 49.4 cm³/mol. The van der Waals surface area contributed by atoms with Crippen molar-refractivity contribution < 1.29 is 21.0 Å². The monoisotopic (exact) mass is 220 g/mol. The lowest BCUT2D eigenvalue weighted by molar-refractivity contribution is 0.403. The Bertz CT molecular complexity index is 265. The van der Waals surface area contributed by atoms with E-state index in [1.807, 2.05) is 0 Å². The molecule has 78 valence electrons. The second-order valence-electron chi connectivity index (χ2n) is 2.01. The summed E-state index contributed by atoms with van der Waals surface area (Å²) in [6, 6.07) is 0.